The summed E-state index contributed by atoms with van der Waals surface area (Å²) >= 11 is 5.62. The van der Waals surface area contributed by atoms with Crippen LogP contribution in [0.2, 0.25) is 0 Å². The molecule has 0 N–H and O–H groups in total. The van der Waals surface area contributed by atoms with Crippen LogP contribution in [0.3, 0.4) is 0 Å². The molecule has 0 amide bonds. The van der Waals surface area contributed by atoms with Gasteiger partial charge in [0.25, 0.3) is 0 Å². The molecular formula is C14H27ClN2O3S. The molecule has 0 radical (unpaired) electrons. The standard InChI is InChI=1S/C14H27ClN2O3S/c15-6-1-2-12-21(18,19)17-8-4-7-16(9-10-17)13-14-5-3-11-20-14/h14H,1-13H2. The lowest BCUT2D eigenvalue weighted by molar-refractivity contribution is 0.0749. The molecule has 1 unspecified atom stereocenters. The van der Waals surface area contributed by atoms with Gasteiger partial charge in [0.2, 0.25) is 10.0 Å². The van der Waals surface area contributed by atoms with Crippen LogP contribution in [0.15, 0.2) is 0 Å². The molecule has 2 rings (SSSR count). The molecule has 0 spiro atoms. The number of hydrogen-bond acceptors (Lipinski definition) is 4. The minimum absolute atomic E-state index is 0.228. The van der Waals surface area contributed by atoms with Crippen LogP contribution in [0.25, 0.3) is 0 Å². The molecule has 1 atom stereocenters. The number of hydrogen-bond donors (Lipinski definition) is 0. The third-order valence-electron chi connectivity index (χ3n) is 4.21. The van der Waals surface area contributed by atoms with E-state index in [9.17, 15) is 8.42 Å². The molecule has 0 bridgehead atoms. The molecular weight excluding hydrogens is 312 g/mol. The Morgan fingerprint density at radius 2 is 1.95 bits per heavy atom. The van der Waals surface area contributed by atoms with E-state index in [2.05, 4.69) is 4.90 Å². The number of rotatable bonds is 7. The molecule has 5 nitrogen and oxygen atoms in total. The van der Waals surface area contributed by atoms with E-state index in [1.165, 1.54) is 0 Å². The van der Waals surface area contributed by atoms with E-state index in [0.717, 1.165) is 51.9 Å². The molecule has 0 aromatic heterocycles. The molecule has 0 saturated carbocycles. The van der Waals surface area contributed by atoms with Crippen LogP contribution in [-0.4, -0.2) is 74.7 Å². The second kappa shape index (κ2) is 8.67. The van der Waals surface area contributed by atoms with Crippen LogP contribution in [0.1, 0.15) is 32.1 Å². The summed E-state index contributed by atoms with van der Waals surface area (Å²) in [5.74, 6) is 0.760. The van der Waals surface area contributed by atoms with E-state index >= 15 is 0 Å². The minimum atomic E-state index is -3.11. The third-order valence-corrected chi connectivity index (χ3v) is 6.44. The Morgan fingerprint density at radius 1 is 1.10 bits per heavy atom. The number of alkyl halides is 1. The molecule has 21 heavy (non-hydrogen) atoms. The van der Waals surface area contributed by atoms with Crippen molar-refractivity contribution in [2.24, 2.45) is 0 Å². The first-order chi connectivity index (χ1) is 10.1. The van der Waals surface area contributed by atoms with Gasteiger partial charge in [-0.2, -0.15) is 0 Å². The first kappa shape index (κ1) is 17.5. The summed E-state index contributed by atoms with van der Waals surface area (Å²) in [6.45, 7) is 4.85. The second-order valence-electron chi connectivity index (χ2n) is 5.90. The molecule has 2 saturated heterocycles. The Balaban J connectivity index is 1.79. The van der Waals surface area contributed by atoms with Crippen molar-refractivity contribution in [1.29, 1.82) is 0 Å². The van der Waals surface area contributed by atoms with Gasteiger partial charge >= 0.3 is 0 Å². The van der Waals surface area contributed by atoms with Crippen LogP contribution >= 0.6 is 11.6 Å². The molecule has 0 aromatic carbocycles. The van der Waals surface area contributed by atoms with Crippen LogP contribution < -0.4 is 0 Å². The number of sulfonamides is 1. The van der Waals surface area contributed by atoms with Crippen LogP contribution in [-0.2, 0) is 14.8 Å². The summed E-state index contributed by atoms with van der Waals surface area (Å²) in [5, 5.41) is 0. The van der Waals surface area contributed by atoms with Crippen molar-refractivity contribution >= 4 is 21.6 Å². The molecule has 0 aliphatic carbocycles. The Labute approximate surface area is 133 Å². The third kappa shape index (κ3) is 5.67. The maximum Gasteiger partial charge on any atom is 0.214 e. The average molecular weight is 339 g/mol. The summed E-state index contributed by atoms with van der Waals surface area (Å²) in [5.41, 5.74) is 0. The summed E-state index contributed by atoms with van der Waals surface area (Å²) in [7, 11) is -3.11. The predicted molar refractivity (Wildman–Crippen MR) is 85.3 cm³/mol. The highest BCUT2D eigenvalue weighted by molar-refractivity contribution is 7.89. The van der Waals surface area contributed by atoms with E-state index in [1.807, 2.05) is 0 Å². The van der Waals surface area contributed by atoms with E-state index in [-0.39, 0.29) is 5.75 Å². The molecule has 2 aliphatic rings. The maximum atomic E-state index is 12.3. The lowest BCUT2D eigenvalue weighted by Crippen LogP contribution is -2.38. The van der Waals surface area contributed by atoms with Gasteiger partial charge in [0, 0.05) is 38.7 Å². The van der Waals surface area contributed by atoms with Crippen molar-refractivity contribution < 1.29 is 13.2 Å². The Kier molecular flexibility index (Phi) is 7.22. The van der Waals surface area contributed by atoms with E-state index in [0.29, 0.717) is 31.5 Å². The SMILES string of the molecule is O=S(=O)(CCCCCl)N1CCCN(CC2CCCO2)CC1. The van der Waals surface area contributed by atoms with Crippen molar-refractivity contribution in [3.63, 3.8) is 0 Å². The minimum Gasteiger partial charge on any atom is -0.377 e. The normalized spacial score (nSPS) is 26.0. The van der Waals surface area contributed by atoms with Gasteiger partial charge in [-0.3, -0.25) is 4.90 Å². The van der Waals surface area contributed by atoms with Crippen molar-refractivity contribution in [2.75, 3.05) is 51.0 Å². The Hall–Kier alpha value is 0.120. The van der Waals surface area contributed by atoms with Crippen LogP contribution in [0.4, 0.5) is 0 Å². The van der Waals surface area contributed by atoms with Gasteiger partial charge in [0.15, 0.2) is 0 Å². The van der Waals surface area contributed by atoms with Crippen molar-refractivity contribution in [2.45, 2.75) is 38.2 Å². The van der Waals surface area contributed by atoms with Gasteiger partial charge in [-0.1, -0.05) is 0 Å². The highest BCUT2D eigenvalue weighted by Gasteiger charge is 2.26. The molecule has 0 aromatic rings. The highest BCUT2D eigenvalue weighted by Crippen LogP contribution is 2.16. The zero-order valence-corrected chi connectivity index (χ0v) is 14.2. The van der Waals surface area contributed by atoms with Gasteiger partial charge in [-0.25, -0.2) is 12.7 Å². The summed E-state index contributed by atoms with van der Waals surface area (Å²) in [6.07, 6.45) is 4.96. The fraction of sp³-hybridized carbons (Fsp3) is 1.00. The molecule has 7 heteroatoms. The monoisotopic (exact) mass is 338 g/mol. The van der Waals surface area contributed by atoms with Gasteiger partial charge in [0.05, 0.1) is 11.9 Å². The summed E-state index contributed by atoms with van der Waals surface area (Å²) < 4.78 is 31.9. The second-order valence-corrected chi connectivity index (χ2v) is 8.37. The largest absolute Gasteiger partial charge is 0.377 e. The highest BCUT2D eigenvalue weighted by atomic mass is 35.5. The number of halogens is 1. The van der Waals surface area contributed by atoms with E-state index in [4.69, 9.17) is 16.3 Å². The molecule has 2 aliphatic heterocycles. The lowest BCUT2D eigenvalue weighted by Gasteiger charge is -2.23. The summed E-state index contributed by atoms with van der Waals surface area (Å²) in [6, 6.07) is 0. The van der Waals surface area contributed by atoms with Gasteiger partial charge in [0.1, 0.15) is 0 Å². The Bertz CT molecular complexity index is 399. The fourth-order valence-electron chi connectivity index (χ4n) is 2.99. The van der Waals surface area contributed by atoms with Crippen molar-refractivity contribution in [3.8, 4) is 0 Å². The average Bonchev–Trinajstić information content (AvgIpc) is 2.83. The number of ether oxygens (including phenoxy) is 1. The van der Waals surface area contributed by atoms with Gasteiger partial charge < -0.3 is 4.74 Å². The topological polar surface area (TPSA) is 49.9 Å². The van der Waals surface area contributed by atoms with Gasteiger partial charge in [-0.15, -0.1) is 11.6 Å². The van der Waals surface area contributed by atoms with Crippen molar-refractivity contribution in [1.82, 2.24) is 9.21 Å². The first-order valence-electron chi connectivity index (χ1n) is 7.99. The Morgan fingerprint density at radius 3 is 2.67 bits per heavy atom. The number of unbranched alkanes of at least 4 members (excludes halogenated alkanes) is 1. The molecule has 2 heterocycles. The van der Waals surface area contributed by atoms with Crippen LogP contribution in [0, 0.1) is 0 Å². The van der Waals surface area contributed by atoms with Gasteiger partial charge in [-0.05, 0) is 38.6 Å². The fourth-order valence-corrected chi connectivity index (χ4v) is 4.78. The summed E-state index contributed by atoms with van der Waals surface area (Å²) in [4.78, 5) is 2.35. The van der Waals surface area contributed by atoms with Crippen molar-refractivity contribution in [3.05, 3.63) is 0 Å². The molecule has 124 valence electrons. The quantitative estimate of drug-likeness (QED) is 0.521. The maximum absolute atomic E-state index is 12.3. The molecule has 2 fully saturated rings. The van der Waals surface area contributed by atoms with E-state index in [1.54, 1.807) is 4.31 Å². The lowest BCUT2D eigenvalue weighted by atomic mass is 10.2. The van der Waals surface area contributed by atoms with Crippen LogP contribution in [0.5, 0.6) is 0 Å². The first-order valence-corrected chi connectivity index (χ1v) is 10.1. The van der Waals surface area contributed by atoms with E-state index < -0.39 is 10.0 Å². The smallest absolute Gasteiger partial charge is 0.214 e. The predicted octanol–water partition coefficient (Wildman–Crippen LogP) is 1.52. The zero-order valence-electron chi connectivity index (χ0n) is 12.7. The number of nitrogens with zero attached hydrogens (tertiary/aromatic N) is 2. The zero-order chi connectivity index (χ0) is 15.1.